The first-order chi connectivity index (χ1) is 7.63. The van der Waals surface area contributed by atoms with E-state index in [0.717, 1.165) is 10.7 Å². The van der Waals surface area contributed by atoms with Crippen molar-refractivity contribution in [3.05, 3.63) is 21.9 Å². The van der Waals surface area contributed by atoms with Crippen molar-refractivity contribution in [3.8, 4) is 0 Å². The smallest absolute Gasteiger partial charge is 0.321 e. The minimum atomic E-state index is 0.287. The van der Waals surface area contributed by atoms with Gasteiger partial charge in [0.15, 0.2) is 5.82 Å². The van der Waals surface area contributed by atoms with E-state index < -0.39 is 0 Å². The lowest BCUT2D eigenvalue weighted by Gasteiger charge is -2.01. The molecule has 0 aliphatic carbocycles. The van der Waals surface area contributed by atoms with Crippen molar-refractivity contribution in [1.82, 2.24) is 15.1 Å². The van der Waals surface area contributed by atoms with Gasteiger partial charge in [-0.3, -0.25) is 0 Å². The topological polar surface area (TPSA) is 63.8 Å². The minimum Gasteiger partial charge on any atom is -0.336 e. The summed E-state index contributed by atoms with van der Waals surface area (Å²) in [5.74, 6) is 0.664. The number of hydrogen-bond donors (Lipinski definition) is 1. The molecule has 2 heterocycles. The molecule has 2 aromatic rings. The van der Waals surface area contributed by atoms with Gasteiger partial charge in [0.05, 0.1) is 6.42 Å². The van der Waals surface area contributed by atoms with E-state index in [-0.39, 0.29) is 6.04 Å². The SMILES string of the molecule is Cc1csc(Cc2noc(NC(C)C)n2)n1. The summed E-state index contributed by atoms with van der Waals surface area (Å²) >= 11 is 1.61. The third kappa shape index (κ3) is 2.79. The molecule has 0 saturated carbocycles. The standard InChI is InChI=1S/C10H14N4OS/c1-6(2)11-10-13-8(14-15-10)4-9-12-7(3)5-16-9/h5-6H,4H2,1-3H3,(H,11,13,14). The van der Waals surface area contributed by atoms with E-state index in [0.29, 0.717) is 18.3 Å². The molecule has 1 N–H and O–H groups in total. The van der Waals surface area contributed by atoms with E-state index >= 15 is 0 Å². The zero-order valence-corrected chi connectivity index (χ0v) is 10.3. The van der Waals surface area contributed by atoms with Crippen LogP contribution in [0.25, 0.3) is 0 Å². The molecule has 0 saturated heterocycles. The van der Waals surface area contributed by atoms with E-state index in [4.69, 9.17) is 4.52 Å². The second-order valence-corrected chi connectivity index (χ2v) is 4.82. The Kier molecular flexibility index (Phi) is 3.19. The summed E-state index contributed by atoms with van der Waals surface area (Å²) in [7, 11) is 0. The lowest BCUT2D eigenvalue weighted by molar-refractivity contribution is 0.421. The molecule has 16 heavy (non-hydrogen) atoms. The van der Waals surface area contributed by atoms with Crippen LogP contribution in [-0.4, -0.2) is 21.2 Å². The van der Waals surface area contributed by atoms with Crippen molar-refractivity contribution in [2.45, 2.75) is 33.2 Å². The first kappa shape index (κ1) is 11.1. The van der Waals surface area contributed by atoms with Crippen LogP contribution in [0.3, 0.4) is 0 Å². The molecule has 0 fully saturated rings. The van der Waals surface area contributed by atoms with Gasteiger partial charge in [-0.15, -0.1) is 11.3 Å². The van der Waals surface area contributed by atoms with Gasteiger partial charge in [0.2, 0.25) is 0 Å². The molecule has 0 unspecified atom stereocenters. The Bertz CT molecular complexity index is 463. The number of nitrogens with zero attached hydrogens (tertiary/aromatic N) is 3. The second kappa shape index (κ2) is 4.61. The molecule has 0 amide bonds. The summed E-state index contributed by atoms with van der Waals surface area (Å²) in [6.07, 6.45) is 0.627. The van der Waals surface area contributed by atoms with Gasteiger partial charge in [-0.2, -0.15) is 4.98 Å². The van der Waals surface area contributed by atoms with Gasteiger partial charge in [-0.1, -0.05) is 5.16 Å². The zero-order chi connectivity index (χ0) is 11.5. The lowest BCUT2D eigenvalue weighted by Crippen LogP contribution is -2.09. The van der Waals surface area contributed by atoms with Crippen LogP contribution in [-0.2, 0) is 6.42 Å². The molecule has 0 aromatic carbocycles. The van der Waals surface area contributed by atoms with Crippen molar-refractivity contribution in [2.24, 2.45) is 0 Å². The van der Waals surface area contributed by atoms with Gasteiger partial charge in [0, 0.05) is 17.1 Å². The van der Waals surface area contributed by atoms with Gasteiger partial charge in [0.25, 0.3) is 0 Å². The average Bonchev–Trinajstić information content (AvgIpc) is 2.76. The maximum atomic E-state index is 5.06. The van der Waals surface area contributed by atoms with Crippen LogP contribution in [0.1, 0.15) is 30.4 Å². The number of nitrogens with one attached hydrogen (secondary N) is 1. The third-order valence-corrected chi connectivity index (χ3v) is 2.82. The molecule has 5 nitrogen and oxygen atoms in total. The van der Waals surface area contributed by atoms with Crippen LogP contribution in [0.5, 0.6) is 0 Å². The second-order valence-electron chi connectivity index (χ2n) is 3.87. The first-order valence-corrected chi connectivity index (χ1v) is 6.01. The van der Waals surface area contributed by atoms with Crippen molar-refractivity contribution in [1.29, 1.82) is 0 Å². The van der Waals surface area contributed by atoms with E-state index in [2.05, 4.69) is 20.4 Å². The number of aromatic nitrogens is 3. The molecular formula is C10H14N4OS. The van der Waals surface area contributed by atoms with E-state index in [9.17, 15) is 0 Å². The third-order valence-electron chi connectivity index (χ3n) is 1.86. The van der Waals surface area contributed by atoms with Gasteiger partial charge >= 0.3 is 6.01 Å². The highest BCUT2D eigenvalue weighted by molar-refractivity contribution is 7.09. The van der Waals surface area contributed by atoms with Gasteiger partial charge in [0.1, 0.15) is 5.01 Å². The monoisotopic (exact) mass is 238 g/mol. The fourth-order valence-corrected chi connectivity index (χ4v) is 2.02. The zero-order valence-electron chi connectivity index (χ0n) is 9.52. The minimum absolute atomic E-state index is 0.287. The molecule has 0 aliphatic rings. The van der Waals surface area contributed by atoms with Crippen LogP contribution < -0.4 is 5.32 Å². The summed E-state index contributed by atoms with van der Waals surface area (Å²) in [6.45, 7) is 6.02. The van der Waals surface area contributed by atoms with Crippen LogP contribution in [0.15, 0.2) is 9.90 Å². The Morgan fingerprint density at radius 1 is 1.44 bits per heavy atom. The highest BCUT2D eigenvalue weighted by Gasteiger charge is 2.09. The fraction of sp³-hybridized carbons (Fsp3) is 0.500. The van der Waals surface area contributed by atoms with Gasteiger partial charge in [-0.05, 0) is 20.8 Å². The van der Waals surface area contributed by atoms with E-state index in [1.165, 1.54) is 0 Å². The van der Waals surface area contributed by atoms with Crippen LogP contribution in [0.4, 0.5) is 6.01 Å². The summed E-state index contributed by atoms with van der Waals surface area (Å²) in [5, 5.41) is 9.98. The Morgan fingerprint density at radius 3 is 2.88 bits per heavy atom. The quantitative estimate of drug-likeness (QED) is 0.885. The molecule has 86 valence electrons. The molecule has 0 aliphatic heterocycles. The molecule has 0 atom stereocenters. The van der Waals surface area contributed by atoms with Crippen LogP contribution in [0.2, 0.25) is 0 Å². The predicted molar refractivity (Wildman–Crippen MR) is 62.7 cm³/mol. The summed E-state index contributed by atoms with van der Waals surface area (Å²) in [5.41, 5.74) is 1.03. The first-order valence-electron chi connectivity index (χ1n) is 5.13. The van der Waals surface area contributed by atoms with Crippen molar-refractivity contribution >= 4 is 17.4 Å². The maximum absolute atomic E-state index is 5.06. The summed E-state index contributed by atoms with van der Waals surface area (Å²) in [6, 6.07) is 0.758. The largest absolute Gasteiger partial charge is 0.336 e. The highest BCUT2D eigenvalue weighted by Crippen LogP contribution is 2.14. The van der Waals surface area contributed by atoms with Crippen molar-refractivity contribution in [3.63, 3.8) is 0 Å². The molecule has 0 bridgehead atoms. The van der Waals surface area contributed by atoms with Gasteiger partial charge < -0.3 is 9.84 Å². The highest BCUT2D eigenvalue weighted by atomic mass is 32.1. The number of anilines is 1. The van der Waals surface area contributed by atoms with E-state index in [1.54, 1.807) is 11.3 Å². The molecule has 0 radical (unpaired) electrons. The average molecular weight is 238 g/mol. The van der Waals surface area contributed by atoms with Crippen LogP contribution in [0, 0.1) is 6.92 Å². The summed E-state index contributed by atoms with van der Waals surface area (Å²) in [4.78, 5) is 8.59. The maximum Gasteiger partial charge on any atom is 0.321 e. The van der Waals surface area contributed by atoms with Crippen LogP contribution >= 0.6 is 11.3 Å². The molecular weight excluding hydrogens is 224 g/mol. The normalized spacial score (nSPS) is 11.0. The Morgan fingerprint density at radius 2 is 2.25 bits per heavy atom. The van der Waals surface area contributed by atoms with Crippen molar-refractivity contribution < 1.29 is 4.52 Å². The number of hydrogen-bond acceptors (Lipinski definition) is 6. The summed E-state index contributed by atoms with van der Waals surface area (Å²) < 4.78 is 5.06. The molecule has 0 spiro atoms. The Balaban J connectivity index is 2.02. The molecule has 2 rings (SSSR count). The molecule has 6 heteroatoms. The predicted octanol–water partition coefficient (Wildman–Crippen LogP) is 2.25. The lowest BCUT2D eigenvalue weighted by atomic mass is 10.4. The number of rotatable bonds is 4. The van der Waals surface area contributed by atoms with Crippen molar-refractivity contribution in [2.75, 3.05) is 5.32 Å². The number of aryl methyl sites for hydroxylation is 1. The Hall–Kier alpha value is -1.43. The molecule has 2 aromatic heterocycles. The Labute approximate surface area is 97.9 Å². The van der Waals surface area contributed by atoms with Gasteiger partial charge in [-0.25, -0.2) is 4.98 Å². The number of thiazole rings is 1. The fourth-order valence-electron chi connectivity index (χ4n) is 1.25. The van der Waals surface area contributed by atoms with E-state index in [1.807, 2.05) is 26.2 Å².